The first-order chi connectivity index (χ1) is 12.4. The molecule has 8 nitrogen and oxygen atoms in total. The topological polar surface area (TPSA) is 99.8 Å². The van der Waals surface area contributed by atoms with E-state index < -0.39 is 15.8 Å². The molecule has 1 heterocycles. The molecule has 0 unspecified atom stereocenters. The lowest BCUT2D eigenvalue weighted by atomic mass is 10.2. The number of aryl methyl sites for hydroxylation is 1. The van der Waals surface area contributed by atoms with E-state index in [0.29, 0.717) is 22.6 Å². The standard InChI is InChI=1S/C17H18N2O6S/c1-19-13-6-5-12(9-15(13)25-17(19)20)26(21,22)18-10-11-4-7-14(23-2)16(8-11)24-3/h4-9,18H,10H2,1-3H3. The summed E-state index contributed by atoms with van der Waals surface area (Å²) < 4.78 is 44.3. The molecule has 138 valence electrons. The fraction of sp³-hybridized carbons (Fsp3) is 0.235. The maximum Gasteiger partial charge on any atom is 0.419 e. The molecule has 0 radical (unpaired) electrons. The van der Waals surface area contributed by atoms with Crippen molar-refractivity contribution < 1.29 is 22.3 Å². The number of ether oxygens (including phenoxy) is 2. The minimum absolute atomic E-state index is 0.0137. The zero-order valence-corrected chi connectivity index (χ0v) is 15.3. The van der Waals surface area contributed by atoms with Gasteiger partial charge in [0.25, 0.3) is 0 Å². The highest BCUT2D eigenvalue weighted by Crippen LogP contribution is 2.27. The Hall–Kier alpha value is -2.78. The lowest BCUT2D eigenvalue weighted by Gasteiger charge is -2.11. The summed E-state index contributed by atoms with van der Waals surface area (Å²) in [4.78, 5) is 11.5. The predicted molar refractivity (Wildman–Crippen MR) is 95.0 cm³/mol. The van der Waals surface area contributed by atoms with Crippen LogP contribution < -0.4 is 20.0 Å². The molecule has 0 bridgehead atoms. The SMILES string of the molecule is COc1ccc(CNS(=O)(=O)c2ccc3c(c2)oc(=O)n3C)cc1OC. The molecule has 0 spiro atoms. The number of methoxy groups -OCH3 is 2. The van der Waals surface area contributed by atoms with Crippen molar-refractivity contribution in [1.82, 2.24) is 9.29 Å². The normalized spacial score (nSPS) is 11.7. The van der Waals surface area contributed by atoms with Gasteiger partial charge in [0.1, 0.15) is 0 Å². The third-order valence-electron chi connectivity index (χ3n) is 3.99. The van der Waals surface area contributed by atoms with Crippen molar-refractivity contribution in [2.45, 2.75) is 11.4 Å². The van der Waals surface area contributed by atoms with Gasteiger partial charge in [0, 0.05) is 19.7 Å². The molecule has 1 aromatic heterocycles. The average molecular weight is 378 g/mol. The summed E-state index contributed by atoms with van der Waals surface area (Å²) in [5.74, 6) is 0.521. The molecule has 0 saturated heterocycles. The van der Waals surface area contributed by atoms with Crippen molar-refractivity contribution in [3.05, 3.63) is 52.5 Å². The summed E-state index contributed by atoms with van der Waals surface area (Å²) in [5, 5.41) is 0. The van der Waals surface area contributed by atoms with Crippen molar-refractivity contribution in [3.8, 4) is 11.5 Å². The third kappa shape index (κ3) is 3.31. The van der Waals surface area contributed by atoms with Crippen LogP contribution in [0, 0.1) is 0 Å². The van der Waals surface area contributed by atoms with E-state index in [1.807, 2.05) is 0 Å². The van der Waals surface area contributed by atoms with Crippen LogP contribution >= 0.6 is 0 Å². The van der Waals surface area contributed by atoms with Crippen LogP contribution in [0.1, 0.15) is 5.56 Å². The zero-order valence-electron chi connectivity index (χ0n) is 14.5. The second-order valence-corrected chi connectivity index (χ2v) is 7.34. The van der Waals surface area contributed by atoms with Crippen LogP contribution in [0.5, 0.6) is 11.5 Å². The molecule has 2 aromatic carbocycles. The summed E-state index contributed by atoms with van der Waals surface area (Å²) in [6.07, 6.45) is 0. The second-order valence-electron chi connectivity index (χ2n) is 5.57. The fourth-order valence-corrected chi connectivity index (χ4v) is 3.57. The van der Waals surface area contributed by atoms with Gasteiger partial charge < -0.3 is 13.9 Å². The molecular formula is C17H18N2O6S. The van der Waals surface area contributed by atoms with Gasteiger partial charge >= 0.3 is 5.76 Å². The molecule has 0 aliphatic rings. The van der Waals surface area contributed by atoms with Crippen LogP contribution in [0.4, 0.5) is 0 Å². The van der Waals surface area contributed by atoms with E-state index in [4.69, 9.17) is 13.9 Å². The molecule has 0 saturated carbocycles. The van der Waals surface area contributed by atoms with Crippen molar-refractivity contribution in [2.75, 3.05) is 14.2 Å². The molecule has 3 aromatic rings. The third-order valence-corrected chi connectivity index (χ3v) is 5.39. The van der Waals surface area contributed by atoms with Crippen LogP contribution in [-0.2, 0) is 23.6 Å². The summed E-state index contributed by atoms with van der Waals surface area (Å²) in [7, 11) is 0.806. The average Bonchev–Trinajstić information content (AvgIpc) is 2.93. The lowest BCUT2D eigenvalue weighted by molar-refractivity contribution is 0.354. The Morgan fingerprint density at radius 2 is 1.81 bits per heavy atom. The number of hydrogen-bond acceptors (Lipinski definition) is 6. The van der Waals surface area contributed by atoms with Crippen molar-refractivity contribution in [3.63, 3.8) is 0 Å². The number of fused-ring (bicyclic) bond motifs is 1. The molecule has 26 heavy (non-hydrogen) atoms. The maximum absolute atomic E-state index is 12.5. The smallest absolute Gasteiger partial charge is 0.419 e. The van der Waals surface area contributed by atoms with Gasteiger partial charge in [-0.05, 0) is 29.8 Å². The maximum atomic E-state index is 12.5. The molecular weight excluding hydrogens is 360 g/mol. The van der Waals surface area contributed by atoms with E-state index >= 15 is 0 Å². The van der Waals surface area contributed by atoms with E-state index in [1.54, 1.807) is 25.2 Å². The van der Waals surface area contributed by atoms with Crippen molar-refractivity contribution in [1.29, 1.82) is 0 Å². The molecule has 1 N–H and O–H groups in total. The number of sulfonamides is 1. The van der Waals surface area contributed by atoms with Crippen LogP contribution in [-0.4, -0.2) is 27.2 Å². The number of nitrogens with zero attached hydrogens (tertiary/aromatic N) is 1. The van der Waals surface area contributed by atoms with E-state index in [1.165, 1.54) is 37.0 Å². The largest absolute Gasteiger partial charge is 0.493 e. The van der Waals surface area contributed by atoms with E-state index in [0.717, 1.165) is 0 Å². The Morgan fingerprint density at radius 3 is 2.50 bits per heavy atom. The summed E-state index contributed by atoms with van der Waals surface area (Å²) in [6.45, 7) is 0.0689. The van der Waals surface area contributed by atoms with Gasteiger partial charge in [-0.2, -0.15) is 0 Å². The predicted octanol–water partition coefficient (Wildman–Crippen LogP) is 1.63. The number of rotatable bonds is 6. The molecule has 0 aliphatic carbocycles. The van der Waals surface area contributed by atoms with Crippen LogP contribution in [0.2, 0.25) is 0 Å². The van der Waals surface area contributed by atoms with Gasteiger partial charge in [-0.3, -0.25) is 4.57 Å². The zero-order chi connectivity index (χ0) is 18.9. The van der Waals surface area contributed by atoms with Crippen molar-refractivity contribution in [2.24, 2.45) is 7.05 Å². The second kappa shape index (κ2) is 6.85. The summed E-state index contributed by atoms with van der Waals surface area (Å²) in [6, 6.07) is 9.42. The van der Waals surface area contributed by atoms with Crippen LogP contribution in [0.25, 0.3) is 11.1 Å². The Morgan fingerprint density at radius 1 is 1.08 bits per heavy atom. The number of nitrogens with one attached hydrogen (secondary N) is 1. The Bertz CT molecular complexity index is 1110. The fourth-order valence-electron chi connectivity index (χ4n) is 2.53. The van der Waals surface area contributed by atoms with Crippen LogP contribution in [0.3, 0.4) is 0 Å². The van der Waals surface area contributed by atoms with Crippen molar-refractivity contribution >= 4 is 21.1 Å². The van der Waals surface area contributed by atoms with Gasteiger partial charge in [0.05, 0.1) is 24.6 Å². The minimum Gasteiger partial charge on any atom is -0.493 e. The lowest BCUT2D eigenvalue weighted by Crippen LogP contribution is -2.23. The molecule has 3 rings (SSSR count). The van der Waals surface area contributed by atoms with E-state index in [9.17, 15) is 13.2 Å². The number of aromatic nitrogens is 1. The molecule has 9 heteroatoms. The summed E-state index contributed by atoms with van der Waals surface area (Å²) >= 11 is 0. The van der Waals surface area contributed by atoms with E-state index in [-0.39, 0.29) is 17.0 Å². The van der Waals surface area contributed by atoms with Gasteiger partial charge in [-0.1, -0.05) is 6.07 Å². The minimum atomic E-state index is -3.78. The highest BCUT2D eigenvalue weighted by atomic mass is 32.2. The highest BCUT2D eigenvalue weighted by Gasteiger charge is 2.17. The first-order valence-corrected chi connectivity index (χ1v) is 9.14. The number of benzene rings is 2. The molecule has 0 fully saturated rings. The quantitative estimate of drug-likeness (QED) is 0.700. The monoisotopic (exact) mass is 378 g/mol. The van der Waals surface area contributed by atoms with Gasteiger partial charge in [-0.15, -0.1) is 0 Å². The Balaban J connectivity index is 1.84. The Labute approximate surface area is 150 Å². The molecule has 0 atom stereocenters. The summed E-state index contributed by atoms with van der Waals surface area (Å²) in [5.41, 5.74) is 1.44. The van der Waals surface area contributed by atoms with Gasteiger partial charge in [0.2, 0.25) is 10.0 Å². The first kappa shape index (κ1) is 18.0. The Kier molecular flexibility index (Phi) is 4.75. The molecule has 0 aliphatic heterocycles. The number of hydrogen-bond donors (Lipinski definition) is 1. The number of oxazole rings is 1. The van der Waals surface area contributed by atoms with E-state index in [2.05, 4.69) is 4.72 Å². The van der Waals surface area contributed by atoms with Crippen LogP contribution in [0.15, 0.2) is 50.5 Å². The highest BCUT2D eigenvalue weighted by molar-refractivity contribution is 7.89. The first-order valence-electron chi connectivity index (χ1n) is 7.66. The van der Waals surface area contributed by atoms with Gasteiger partial charge in [-0.25, -0.2) is 17.9 Å². The molecule has 0 amide bonds. The van der Waals surface area contributed by atoms with Gasteiger partial charge in [0.15, 0.2) is 17.1 Å².